The van der Waals surface area contributed by atoms with Crippen LogP contribution in [-0.4, -0.2) is 40.1 Å². The zero-order chi connectivity index (χ0) is 23.9. The van der Waals surface area contributed by atoms with Gasteiger partial charge in [0.15, 0.2) is 0 Å². The van der Waals surface area contributed by atoms with Gasteiger partial charge in [0.05, 0.1) is 5.52 Å². The van der Waals surface area contributed by atoms with E-state index in [1.54, 1.807) is 19.2 Å². The summed E-state index contributed by atoms with van der Waals surface area (Å²) in [6.07, 6.45) is 0. The summed E-state index contributed by atoms with van der Waals surface area (Å²) in [5.74, 6) is -1.02. The van der Waals surface area contributed by atoms with Gasteiger partial charge in [-0.1, -0.05) is 12.6 Å². The molecule has 1 fully saturated rings. The lowest BCUT2D eigenvalue weighted by Gasteiger charge is -2.44. The maximum absolute atomic E-state index is 14.4. The number of nitrogens with zero attached hydrogens (tertiary/aromatic N) is 6. The predicted octanol–water partition coefficient (Wildman–Crippen LogP) is 3.91. The van der Waals surface area contributed by atoms with Crippen molar-refractivity contribution in [1.82, 2.24) is 14.5 Å². The average Bonchev–Trinajstić information content (AvgIpc) is 2.80. The highest BCUT2D eigenvalue weighted by Crippen LogP contribution is 2.33. The van der Waals surface area contributed by atoms with Gasteiger partial charge < -0.3 is 14.3 Å². The van der Waals surface area contributed by atoms with Crippen molar-refractivity contribution in [2.24, 2.45) is 7.05 Å². The van der Waals surface area contributed by atoms with E-state index < -0.39 is 17.2 Å². The average molecular weight is 448 g/mol. The molecule has 0 bridgehead atoms. The molecule has 7 nitrogen and oxygen atoms in total. The topological polar surface area (TPSA) is 69.5 Å². The van der Waals surface area contributed by atoms with Crippen LogP contribution in [0, 0.1) is 29.5 Å². The number of hydrogen-bond acceptors (Lipinski definition) is 5. The second-order valence-electron chi connectivity index (χ2n) is 8.22. The first-order valence-electron chi connectivity index (χ1n) is 10.5. The Morgan fingerprint density at radius 1 is 1.27 bits per heavy atom. The minimum absolute atomic E-state index is 0.0158. The lowest BCUT2D eigenvalue weighted by atomic mass is 10.0. The maximum atomic E-state index is 14.4. The van der Waals surface area contributed by atoms with Crippen LogP contribution in [0.1, 0.15) is 31.0 Å². The van der Waals surface area contributed by atoms with E-state index in [9.17, 15) is 18.8 Å². The highest BCUT2D eigenvalue weighted by atomic mass is 19.1. The predicted molar refractivity (Wildman–Crippen MR) is 121 cm³/mol. The molecule has 168 valence electrons. The van der Waals surface area contributed by atoms with Crippen LogP contribution in [0.4, 0.5) is 20.3 Å². The first-order chi connectivity index (χ1) is 15.8. The van der Waals surface area contributed by atoms with Gasteiger partial charge in [0.2, 0.25) is 5.52 Å². The molecule has 3 aromatic rings. The number of piperazine rings is 1. The van der Waals surface area contributed by atoms with Crippen LogP contribution in [0.5, 0.6) is 0 Å². The van der Waals surface area contributed by atoms with E-state index in [2.05, 4.69) is 14.7 Å². The molecule has 1 aliphatic heterocycles. The third kappa shape index (κ3) is 3.81. The van der Waals surface area contributed by atoms with Gasteiger partial charge in [-0.15, -0.1) is 4.98 Å². The minimum Gasteiger partial charge on any atom is -0.364 e. The van der Waals surface area contributed by atoms with Crippen LogP contribution >= 0.6 is 0 Å². The maximum Gasteiger partial charge on any atom is 0.271 e. The molecule has 4 rings (SSSR count). The summed E-state index contributed by atoms with van der Waals surface area (Å²) in [6, 6.07) is 8.50. The Morgan fingerprint density at radius 2 is 2.03 bits per heavy atom. The number of fused-ring (bicyclic) bond motifs is 1. The van der Waals surface area contributed by atoms with E-state index in [1.165, 1.54) is 16.7 Å². The number of rotatable bonds is 3. The molecule has 33 heavy (non-hydrogen) atoms. The number of hydrogen-bond donors (Lipinski definition) is 0. The van der Waals surface area contributed by atoms with Gasteiger partial charge in [-0.2, -0.15) is 5.26 Å². The first-order valence-corrected chi connectivity index (χ1v) is 10.5. The van der Waals surface area contributed by atoms with Crippen molar-refractivity contribution in [3.05, 3.63) is 74.9 Å². The number of pyridine rings is 2. The Hall–Kier alpha value is -3.82. The van der Waals surface area contributed by atoms with Gasteiger partial charge in [-0.25, -0.2) is 8.78 Å². The van der Waals surface area contributed by atoms with Gasteiger partial charge >= 0.3 is 0 Å². The molecule has 1 aliphatic rings. The largest absolute Gasteiger partial charge is 0.364 e. The molecule has 9 heteroatoms. The Morgan fingerprint density at radius 3 is 2.67 bits per heavy atom. The second-order valence-corrected chi connectivity index (χ2v) is 8.22. The summed E-state index contributed by atoms with van der Waals surface area (Å²) >= 11 is 0. The number of anilines is 1. The number of aryl methyl sites for hydroxylation is 1. The lowest BCUT2D eigenvalue weighted by molar-refractivity contribution is 0.136. The number of aromatic nitrogens is 2. The van der Waals surface area contributed by atoms with Crippen LogP contribution in [0.2, 0.25) is 0 Å². The molecule has 2 atom stereocenters. The van der Waals surface area contributed by atoms with E-state index in [0.717, 1.165) is 6.07 Å². The molecule has 3 heterocycles. The molecule has 0 radical (unpaired) electrons. The van der Waals surface area contributed by atoms with Crippen LogP contribution < -0.4 is 10.5 Å². The molecule has 0 aliphatic carbocycles. The lowest BCUT2D eigenvalue weighted by Crippen LogP contribution is -2.53. The summed E-state index contributed by atoms with van der Waals surface area (Å²) in [4.78, 5) is 24.7. The Labute approximate surface area is 189 Å². The van der Waals surface area contributed by atoms with Crippen molar-refractivity contribution in [2.75, 3.05) is 24.5 Å². The molecule has 1 unspecified atom stereocenters. The standard InChI is InChI=1S/C24H22F2N6O/c1-14-13-31(9-10-32(14)15(2)17-6-5-16(25)11-19(17)26)23-18(12-27)24(33)30(4)20-7-8-21(28-3)29-22(20)23/h5-8,11,14-15H,9-10,13H2,1-2,4H3/t14-,15?/m1/s1. The fraction of sp³-hybridized carbons (Fsp3) is 0.333. The zero-order valence-electron chi connectivity index (χ0n) is 18.5. The van der Waals surface area contributed by atoms with Crippen molar-refractivity contribution in [1.29, 1.82) is 5.26 Å². The van der Waals surface area contributed by atoms with Crippen molar-refractivity contribution in [2.45, 2.75) is 25.9 Å². The summed E-state index contributed by atoms with van der Waals surface area (Å²) < 4.78 is 29.1. The summed E-state index contributed by atoms with van der Waals surface area (Å²) in [6.45, 7) is 12.6. The summed E-state index contributed by atoms with van der Waals surface area (Å²) in [5.41, 5.74) is 1.37. The van der Waals surface area contributed by atoms with Crippen molar-refractivity contribution in [3.63, 3.8) is 0 Å². The summed E-state index contributed by atoms with van der Waals surface area (Å²) in [7, 11) is 1.58. The van der Waals surface area contributed by atoms with Gasteiger partial charge in [0.25, 0.3) is 11.4 Å². The first kappa shape index (κ1) is 22.4. The number of nitriles is 1. The van der Waals surface area contributed by atoms with Crippen molar-refractivity contribution >= 4 is 22.5 Å². The molecule has 1 aromatic carbocycles. The molecule has 0 saturated carbocycles. The molecular formula is C24H22F2N6O. The molecular weight excluding hydrogens is 426 g/mol. The highest BCUT2D eigenvalue weighted by molar-refractivity contribution is 5.92. The van der Waals surface area contributed by atoms with E-state index in [-0.39, 0.29) is 23.5 Å². The van der Waals surface area contributed by atoms with Gasteiger partial charge in [0, 0.05) is 50.4 Å². The fourth-order valence-electron chi connectivity index (χ4n) is 4.62. The third-order valence-electron chi connectivity index (χ3n) is 6.33. The fourth-order valence-corrected chi connectivity index (χ4v) is 4.62. The number of halogens is 2. The van der Waals surface area contributed by atoms with Crippen LogP contribution in [0.15, 0.2) is 35.1 Å². The van der Waals surface area contributed by atoms with Gasteiger partial charge in [-0.05, 0) is 32.0 Å². The molecule has 2 aromatic heterocycles. The smallest absolute Gasteiger partial charge is 0.271 e. The SMILES string of the molecule is [C-]#[N+]c1ccc2c(n1)c(N1CCN(C(C)c3ccc(F)cc3F)[C@H](C)C1)c(C#N)c(=O)n2C. The van der Waals surface area contributed by atoms with Crippen LogP contribution in [0.3, 0.4) is 0 Å². The monoisotopic (exact) mass is 448 g/mol. The van der Waals surface area contributed by atoms with E-state index in [4.69, 9.17) is 6.57 Å². The molecule has 0 N–H and O–H groups in total. The minimum atomic E-state index is -0.617. The molecule has 1 saturated heterocycles. The molecule has 0 amide bonds. The van der Waals surface area contributed by atoms with Crippen molar-refractivity contribution < 1.29 is 8.78 Å². The summed E-state index contributed by atoms with van der Waals surface area (Å²) in [5, 5.41) is 9.79. The highest BCUT2D eigenvalue weighted by Gasteiger charge is 2.33. The van der Waals surface area contributed by atoms with E-state index >= 15 is 0 Å². The normalized spacial score (nSPS) is 17.5. The van der Waals surface area contributed by atoms with E-state index in [0.29, 0.717) is 41.9 Å². The number of benzene rings is 1. The second kappa shape index (κ2) is 8.61. The van der Waals surface area contributed by atoms with Crippen LogP contribution in [-0.2, 0) is 7.05 Å². The third-order valence-corrected chi connectivity index (χ3v) is 6.33. The quantitative estimate of drug-likeness (QED) is 0.569. The van der Waals surface area contributed by atoms with Crippen molar-refractivity contribution in [3.8, 4) is 6.07 Å². The molecule has 0 spiro atoms. The van der Waals surface area contributed by atoms with Gasteiger partial charge in [0.1, 0.15) is 29.0 Å². The Bertz CT molecular complexity index is 1390. The Kier molecular flexibility index (Phi) is 5.84. The zero-order valence-corrected chi connectivity index (χ0v) is 18.5. The van der Waals surface area contributed by atoms with Crippen LogP contribution in [0.25, 0.3) is 15.9 Å². The van der Waals surface area contributed by atoms with E-state index in [1.807, 2.05) is 24.8 Å². The van der Waals surface area contributed by atoms with Gasteiger partial charge in [-0.3, -0.25) is 9.69 Å². The Balaban J connectivity index is 1.73.